The molecule has 8 aromatic rings. The minimum atomic E-state index is 0.648. The van der Waals surface area contributed by atoms with Gasteiger partial charge in [0, 0.05) is 34.6 Å². The first-order valence-corrected chi connectivity index (χ1v) is 14.6. The number of rotatable bonds is 5. The molecule has 0 aliphatic heterocycles. The quantitative estimate of drug-likeness (QED) is 0.196. The second-order valence-electron chi connectivity index (χ2n) is 10.8. The molecule has 8 rings (SSSR count). The molecule has 0 fully saturated rings. The lowest BCUT2D eigenvalue weighted by atomic mass is 9.91. The maximum absolute atomic E-state index is 5.13. The molecule has 0 spiro atoms. The van der Waals surface area contributed by atoms with Crippen LogP contribution in [-0.2, 0) is 0 Å². The van der Waals surface area contributed by atoms with E-state index in [1.807, 2.05) is 42.5 Å². The van der Waals surface area contributed by atoms with E-state index in [1.54, 1.807) is 12.4 Å². The van der Waals surface area contributed by atoms with Crippen molar-refractivity contribution in [2.75, 3.05) is 0 Å². The Bertz CT molecular complexity index is 2210. The molecule has 0 bridgehead atoms. The number of fused-ring (bicyclic) bond motifs is 3. The van der Waals surface area contributed by atoms with Crippen molar-refractivity contribution in [3.8, 4) is 56.4 Å². The maximum atomic E-state index is 5.13. The van der Waals surface area contributed by atoms with Crippen LogP contribution in [-0.4, -0.2) is 19.9 Å². The fourth-order valence-corrected chi connectivity index (χ4v) is 5.87. The van der Waals surface area contributed by atoms with Gasteiger partial charge in [0.15, 0.2) is 11.6 Å². The van der Waals surface area contributed by atoms with E-state index in [2.05, 4.69) is 113 Å². The number of hydrogen-bond acceptors (Lipinski definition) is 4. The molecule has 6 aromatic carbocycles. The largest absolute Gasteiger partial charge is 0.237 e. The Kier molecular flexibility index (Phi) is 6.43. The fourth-order valence-electron chi connectivity index (χ4n) is 5.87. The first-order valence-electron chi connectivity index (χ1n) is 14.6. The van der Waals surface area contributed by atoms with Crippen molar-refractivity contribution in [1.82, 2.24) is 19.9 Å². The van der Waals surface area contributed by atoms with Gasteiger partial charge in [-0.2, -0.15) is 0 Å². The zero-order valence-electron chi connectivity index (χ0n) is 23.8. The summed E-state index contributed by atoms with van der Waals surface area (Å²) in [6, 6.07) is 50.3. The van der Waals surface area contributed by atoms with Crippen molar-refractivity contribution in [3.63, 3.8) is 0 Å². The number of nitrogens with zero attached hydrogens (tertiary/aromatic N) is 4. The Morgan fingerprint density at radius 1 is 0.341 bits per heavy atom. The van der Waals surface area contributed by atoms with Gasteiger partial charge in [0.05, 0.1) is 11.4 Å². The van der Waals surface area contributed by atoms with Crippen LogP contribution >= 0.6 is 0 Å². The molecule has 0 radical (unpaired) electrons. The van der Waals surface area contributed by atoms with Crippen molar-refractivity contribution in [2.45, 2.75) is 0 Å². The molecule has 44 heavy (non-hydrogen) atoms. The van der Waals surface area contributed by atoms with Gasteiger partial charge in [-0.1, -0.05) is 109 Å². The van der Waals surface area contributed by atoms with E-state index in [0.29, 0.717) is 11.6 Å². The molecule has 0 amide bonds. The predicted molar refractivity (Wildman–Crippen MR) is 180 cm³/mol. The lowest BCUT2D eigenvalue weighted by Gasteiger charge is -2.15. The van der Waals surface area contributed by atoms with Crippen molar-refractivity contribution in [3.05, 3.63) is 158 Å². The van der Waals surface area contributed by atoms with Crippen LogP contribution in [0.25, 0.3) is 78.0 Å². The van der Waals surface area contributed by atoms with Crippen LogP contribution in [0.15, 0.2) is 158 Å². The molecular formula is C40H26N4. The van der Waals surface area contributed by atoms with Crippen molar-refractivity contribution in [2.24, 2.45) is 0 Å². The summed E-state index contributed by atoms with van der Waals surface area (Å²) in [4.78, 5) is 19.5. The van der Waals surface area contributed by atoms with Crippen molar-refractivity contribution >= 4 is 21.5 Å². The molecule has 2 aromatic heterocycles. The van der Waals surface area contributed by atoms with E-state index in [1.165, 1.54) is 21.5 Å². The van der Waals surface area contributed by atoms with Crippen LogP contribution in [0.4, 0.5) is 0 Å². The second-order valence-corrected chi connectivity index (χ2v) is 10.8. The monoisotopic (exact) mass is 562 g/mol. The first-order chi connectivity index (χ1) is 21.8. The SMILES string of the molecule is c1ccc(-c2cc(-c3ccccc3)nc(-c3cc(-c4ncccn4)cc(-c4cc5ccccc5c5ccccc45)c3)n2)cc1. The summed E-state index contributed by atoms with van der Waals surface area (Å²) in [7, 11) is 0. The zero-order valence-corrected chi connectivity index (χ0v) is 23.8. The normalized spacial score (nSPS) is 11.2. The summed E-state index contributed by atoms with van der Waals surface area (Å²) in [6.07, 6.45) is 3.56. The third-order valence-corrected chi connectivity index (χ3v) is 7.96. The summed E-state index contributed by atoms with van der Waals surface area (Å²) in [5.41, 5.74) is 7.82. The first kappa shape index (κ1) is 25.7. The molecule has 2 heterocycles. The summed E-state index contributed by atoms with van der Waals surface area (Å²) >= 11 is 0. The third-order valence-electron chi connectivity index (χ3n) is 7.96. The van der Waals surface area contributed by atoms with Crippen LogP contribution in [0.2, 0.25) is 0 Å². The fraction of sp³-hybridized carbons (Fsp3) is 0. The standard InChI is InChI=1S/C40H26N4/c1-3-12-27(13-4-1)37-26-38(28-14-5-2-6-15-28)44-40(43-37)32-23-30(22-31(24-32)39-41-20-11-21-42-39)36-25-29-16-7-8-17-33(29)34-18-9-10-19-35(34)36/h1-26H. The van der Waals surface area contributed by atoms with Crippen molar-refractivity contribution < 1.29 is 0 Å². The predicted octanol–water partition coefficient (Wildman–Crippen LogP) is 9.91. The van der Waals surface area contributed by atoms with Crippen LogP contribution in [0, 0.1) is 0 Å². The maximum Gasteiger partial charge on any atom is 0.160 e. The molecule has 0 saturated carbocycles. The number of benzene rings is 6. The summed E-state index contributed by atoms with van der Waals surface area (Å²) < 4.78 is 0. The molecule has 0 saturated heterocycles. The molecule has 0 atom stereocenters. The van der Waals surface area contributed by atoms with Crippen LogP contribution < -0.4 is 0 Å². The van der Waals surface area contributed by atoms with E-state index in [9.17, 15) is 0 Å². The van der Waals surface area contributed by atoms with Crippen LogP contribution in [0.3, 0.4) is 0 Å². The Morgan fingerprint density at radius 3 is 1.52 bits per heavy atom. The molecule has 0 unspecified atom stereocenters. The van der Waals surface area contributed by atoms with Crippen LogP contribution in [0.5, 0.6) is 0 Å². The Hall–Kier alpha value is -6.00. The third kappa shape index (κ3) is 4.79. The van der Waals surface area contributed by atoms with Gasteiger partial charge in [0.2, 0.25) is 0 Å². The molecular weight excluding hydrogens is 536 g/mol. The van der Waals surface area contributed by atoms with Gasteiger partial charge in [-0.3, -0.25) is 0 Å². The van der Waals surface area contributed by atoms with E-state index < -0.39 is 0 Å². The molecule has 4 heteroatoms. The average Bonchev–Trinajstić information content (AvgIpc) is 3.12. The minimum Gasteiger partial charge on any atom is -0.237 e. The topological polar surface area (TPSA) is 51.6 Å². The van der Waals surface area contributed by atoms with E-state index in [4.69, 9.17) is 9.97 Å². The van der Waals surface area contributed by atoms with Gasteiger partial charge >= 0.3 is 0 Å². The lowest BCUT2D eigenvalue weighted by Crippen LogP contribution is -1.97. The van der Waals surface area contributed by atoms with Gasteiger partial charge in [-0.15, -0.1) is 0 Å². The summed E-state index contributed by atoms with van der Waals surface area (Å²) in [6.45, 7) is 0. The second kappa shape index (κ2) is 11.0. The summed E-state index contributed by atoms with van der Waals surface area (Å²) in [5.74, 6) is 1.30. The Labute approximate surface area is 255 Å². The van der Waals surface area contributed by atoms with E-state index in [0.717, 1.165) is 44.8 Å². The lowest BCUT2D eigenvalue weighted by molar-refractivity contribution is 1.17. The van der Waals surface area contributed by atoms with Gasteiger partial charge < -0.3 is 0 Å². The Balaban J connectivity index is 1.41. The highest BCUT2D eigenvalue weighted by Crippen LogP contribution is 2.38. The smallest absolute Gasteiger partial charge is 0.160 e. The van der Waals surface area contributed by atoms with Gasteiger partial charge in [-0.05, 0) is 69.1 Å². The molecule has 0 N–H and O–H groups in total. The highest BCUT2D eigenvalue weighted by Gasteiger charge is 2.16. The molecule has 206 valence electrons. The van der Waals surface area contributed by atoms with Crippen LogP contribution in [0.1, 0.15) is 0 Å². The summed E-state index contributed by atoms with van der Waals surface area (Å²) in [5, 5.41) is 4.84. The molecule has 4 nitrogen and oxygen atoms in total. The average molecular weight is 563 g/mol. The van der Waals surface area contributed by atoms with Gasteiger partial charge in [0.25, 0.3) is 0 Å². The highest BCUT2D eigenvalue weighted by atomic mass is 14.9. The number of aromatic nitrogens is 4. The van der Waals surface area contributed by atoms with Gasteiger partial charge in [-0.25, -0.2) is 19.9 Å². The highest BCUT2D eigenvalue weighted by molar-refractivity contribution is 6.14. The van der Waals surface area contributed by atoms with E-state index >= 15 is 0 Å². The Morgan fingerprint density at radius 2 is 0.864 bits per heavy atom. The minimum absolute atomic E-state index is 0.648. The zero-order chi connectivity index (χ0) is 29.3. The molecule has 0 aliphatic rings. The molecule has 0 aliphatic carbocycles. The van der Waals surface area contributed by atoms with Gasteiger partial charge in [0.1, 0.15) is 0 Å². The number of hydrogen-bond donors (Lipinski definition) is 0. The van der Waals surface area contributed by atoms with Crippen molar-refractivity contribution in [1.29, 1.82) is 0 Å². The van der Waals surface area contributed by atoms with E-state index in [-0.39, 0.29) is 0 Å².